The predicted molar refractivity (Wildman–Crippen MR) is 123 cm³/mol. The molecule has 6 heteroatoms. The first-order valence-corrected chi connectivity index (χ1v) is 11.0. The lowest BCUT2D eigenvalue weighted by molar-refractivity contribution is -0.123. The van der Waals surface area contributed by atoms with Crippen LogP contribution in [0, 0.1) is 0 Å². The molecule has 1 fully saturated rings. The molecule has 0 aliphatic carbocycles. The third kappa shape index (κ3) is 4.83. The molecule has 1 saturated heterocycles. The van der Waals surface area contributed by atoms with Crippen molar-refractivity contribution in [3.8, 4) is 5.75 Å². The van der Waals surface area contributed by atoms with Crippen molar-refractivity contribution in [1.29, 1.82) is 0 Å². The fourth-order valence-electron chi connectivity index (χ4n) is 2.99. The smallest absolute Gasteiger partial charge is 0.293 e. The van der Waals surface area contributed by atoms with Crippen LogP contribution in [-0.4, -0.2) is 16.0 Å². The van der Waals surface area contributed by atoms with Crippen LogP contribution < -0.4 is 4.74 Å². The van der Waals surface area contributed by atoms with Gasteiger partial charge in [0.25, 0.3) is 11.1 Å². The number of amides is 2. The van der Waals surface area contributed by atoms with Crippen LogP contribution in [-0.2, 0) is 17.9 Å². The molecule has 0 bridgehead atoms. The summed E-state index contributed by atoms with van der Waals surface area (Å²) in [5, 5.41) is -0.259. The fourth-order valence-corrected chi connectivity index (χ4v) is 4.23. The summed E-state index contributed by atoms with van der Waals surface area (Å²) in [6.07, 6.45) is 1.74. The molecular weight excluding hydrogens is 462 g/mol. The SMILES string of the molecule is O=C1S/C(=C/c2ccc(OCc3ccccc3)cc2)C(=O)N1Cc1ccccc1Br. The molecule has 1 heterocycles. The highest BCUT2D eigenvalue weighted by Crippen LogP contribution is 2.34. The zero-order valence-electron chi connectivity index (χ0n) is 16.0. The molecule has 30 heavy (non-hydrogen) atoms. The molecule has 0 atom stereocenters. The van der Waals surface area contributed by atoms with Crippen LogP contribution in [0.2, 0.25) is 0 Å². The van der Waals surface area contributed by atoms with Gasteiger partial charge in [-0.3, -0.25) is 14.5 Å². The number of rotatable bonds is 6. The van der Waals surface area contributed by atoms with E-state index < -0.39 is 0 Å². The summed E-state index contributed by atoms with van der Waals surface area (Å²) in [5.41, 5.74) is 2.83. The van der Waals surface area contributed by atoms with Crippen LogP contribution in [0.3, 0.4) is 0 Å². The number of ether oxygens (including phenoxy) is 1. The highest BCUT2D eigenvalue weighted by atomic mass is 79.9. The average Bonchev–Trinajstić information content (AvgIpc) is 3.03. The Balaban J connectivity index is 1.42. The summed E-state index contributed by atoms with van der Waals surface area (Å²) in [5.74, 6) is 0.475. The van der Waals surface area contributed by atoms with E-state index in [0.29, 0.717) is 11.5 Å². The van der Waals surface area contributed by atoms with Gasteiger partial charge in [0.05, 0.1) is 11.4 Å². The molecule has 0 spiro atoms. The van der Waals surface area contributed by atoms with E-state index in [0.717, 1.165) is 38.7 Å². The zero-order valence-corrected chi connectivity index (χ0v) is 18.4. The van der Waals surface area contributed by atoms with E-state index in [9.17, 15) is 9.59 Å². The van der Waals surface area contributed by atoms with E-state index in [4.69, 9.17) is 4.74 Å². The highest BCUT2D eigenvalue weighted by Gasteiger charge is 2.35. The fraction of sp³-hybridized carbons (Fsp3) is 0.0833. The molecule has 0 N–H and O–H groups in total. The van der Waals surface area contributed by atoms with Crippen molar-refractivity contribution in [2.75, 3.05) is 0 Å². The van der Waals surface area contributed by atoms with Crippen LogP contribution in [0.5, 0.6) is 5.75 Å². The van der Waals surface area contributed by atoms with Gasteiger partial charge >= 0.3 is 0 Å². The molecule has 0 aromatic heterocycles. The standard InChI is InChI=1S/C24H18BrNO3S/c25-21-9-5-4-8-19(21)15-26-23(27)22(30-24(26)28)14-17-10-12-20(13-11-17)29-16-18-6-2-1-3-7-18/h1-14H,15-16H2/b22-14+. The molecule has 4 rings (SSSR count). The molecule has 0 unspecified atom stereocenters. The summed E-state index contributed by atoms with van der Waals surface area (Å²) in [7, 11) is 0. The third-order valence-corrected chi connectivity index (χ3v) is 6.27. The van der Waals surface area contributed by atoms with Crippen molar-refractivity contribution in [3.63, 3.8) is 0 Å². The first kappa shape index (κ1) is 20.4. The Kier molecular flexibility index (Phi) is 6.35. The summed E-state index contributed by atoms with van der Waals surface area (Å²) in [6.45, 7) is 0.740. The lowest BCUT2D eigenvalue weighted by Crippen LogP contribution is -2.27. The Bertz CT molecular complexity index is 1100. The molecular formula is C24H18BrNO3S. The molecule has 2 amide bonds. The monoisotopic (exact) mass is 479 g/mol. The number of carbonyl (C=O) groups excluding carboxylic acids is 2. The van der Waals surface area contributed by atoms with Crippen LogP contribution >= 0.6 is 27.7 Å². The maximum atomic E-state index is 12.7. The van der Waals surface area contributed by atoms with Crippen molar-refractivity contribution < 1.29 is 14.3 Å². The van der Waals surface area contributed by atoms with E-state index in [-0.39, 0.29) is 17.7 Å². The Morgan fingerprint density at radius 3 is 2.33 bits per heavy atom. The van der Waals surface area contributed by atoms with Gasteiger partial charge in [-0.2, -0.15) is 0 Å². The number of hydrogen-bond acceptors (Lipinski definition) is 4. The van der Waals surface area contributed by atoms with Gasteiger partial charge in [0, 0.05) is 4.47 Å². The Morgan fingerprint density at radius 1 is 0.900 bits per heavy atom. The maximum absolute atomic E-state index is 12.7. The Hall–Kier alpha value is -2.83. The van der Waals surface area contributed by atoms with Gasteiger partial charge in [-0.25, -0.2) is 0 Å². The highest BCUT2D eigenvalue weighted by molar-refractivity contribution is 9.10. The second-order valence-electron chi connectivity index (χ2n) is 6.70. The number of hydrogen-bond donors (Lipinski definition) is 0. The van der Waals surface area contributed by atoms with E-state index >= 15 is 0 Å². The largest absolute Gasteiger partial charge is 0.489 e. The minimum absolute atomic E-state index is 0.246. The van der Waals surface area contributed by atoms with E-state index in [2.05, 4.69) is 15.9 Å². The van der Waals surface area contributed by atoms with E-state index in [1.165, 1.54) is 4.90 Å². The van der Waals surface area contributed by atoms with Crippen molar-refractivity contribution in [1.82, 2.24) is 4.90 Å². The second kappa shape index (κ2) is 9.32. The van der Waals surface area contributed by atoms with Crippen molar-refractivity contribution >= 4 is 44.9 Å². The lowest BCUT2D eigenvalue weighted by Gasteiger charge is -2.13. The Labute approximate surface area is 187 Å². The normalized spacial score (nSPS) is 15.1. The van der Waals surface area contributed by atoms with Gasteiger partial charge in [-0.05, 0) is 52.7 Å². The van der Waals surface area contributed by atoms with E-state index in [1.807, 2.05) is 78.9 Å². The minimum atomic E-state index is -0.273. The van der Waals surface area contributed by atoms with Crippen LogP contribution in [0.4, 0.5) is 4.79 Å². The molecule has 0 saturated carbocycles. The molecule has 3 aromatic carbocycles. The number of benzene rings is 3. The minimum Gasteiger partial charge on any atom is -0.489 e. The number of carbonyl (C=O) groups is 2. The van der Waals surface area contributed by atoms with Gasteiger partial charge in [-0.1, -0.05) is 76.6 Å². The zero-order chi connectivity index (χ0) is 20.9. The van der Waals surface area contributed by atoms with Crippen LogP contribution in [0.25, 0.3) is 6.08 Å². The van der Waals surface area contributed by atoms with E-state index in [1.54, 1.807) is 6.08 Å². The summed E-state index contributed by atoms with van der Waals surface area (Å²) < 4.78 is 6.66. The quantitative estimate of drug-likeness (QED) is 0.391. The van der Waals surface area contributed by atoms with Crippen molar-refractivity contribution in [2.24, 2.45) is 0 Å². The second-order valence-corrected chi connectivity index (χ2v) is 8.55. The summed E-state index contributed by atoms with van der Waals surface area (Å²) >= 11 is 4.43. The Morgan fingerprint density at radius 2 is 1.60 bits per heavy atom. The molecule has 3 aromatic rings. The first-order chi connectivity index (χ1) is 14.6. The van der Waals surface area contributed by atoms with Crippen LogP contribution in [0.1, 0.15) is 16.7 Å². The van der Waals surface area contributed by atoms with Crippen molar-refractivity contribution in [2.45, 2.75) is 13.2 Å². The van der Waals surface area contributed by atoms with Gasteiger partial charge in [-0.15, -0.1) is 0 Å². The molecule has 1 aliphatic rings. The number of halogens is 1. The van der Waals surface area contributed by atoms with Gasteiger partial charge in [0.1, 0.15) is 12.4 Å². The van der Waals surface area contributed by atoms with Crippen molar-refractivity contribution in [3.05, 3.63) is 105 Å². The molecule has 1 aliphatic heterocycles. The number of imide groups is 1. The first-order valence-electron chi connectivity index (χ1n) is 9.36. The maximum Gasteiger partial charge on any atom is 0.293 e. The van der Waals surface area contributed by atoms with Crippen LogP contribution in [0.15, 0.2) is 88.2 Å². The molecule has 0 radical (unpaired) electrons. The average molecular weight is 480 g/mol. The van der Waals surface area contributed by atoms with Gasteiger partial charge in [0.2, 0.25) is 0 Å². The summed E-state index contributed by atoms with van der Waals surface area (Å²) in [4.78, 5) is 26.8. The molecule has 150 valence electrons. The number of nitrogens with zero attached hydrogens (tertiary/aromatic N) is 1. The predicted octanol–water partition coefficient (Wildman–Crippen LogP) is 6.26. The summed E-state index contributed by atoms with van der Waals surface area (Å²) in [6, 6.07) is 25.0. The van der Waals surface area contributed by atoms with Gasteiger partial charge in [0.15, 0.2) is 0 Å². The topological polar surface area (TPSA) is 46.6 Å². The molecule has 4 nitrogen and oxygen atoms in total. The van der Waals surface area contributed by atoms with Gasteiger partial charge < -0.3 is 4.74 Å². The lowest BCUT2D eigenvalue weighted by atomic mass is 10.2. The third-order valence-electron chi connectivity index (χ3n) is 4.59. The number of thioether (sulfide) groups is 1.